The normalized spacial score (nSPS) is 31.4. The van der Waals surface area contributed by atoms with Crippen LogP contribution in [0.3, 0.4) is 0 Å². The molecule has 1 saturated carbocycles. The van der Waals surface area contributed by atoms with Crippen LogP contribution in [0.1, 0.15) is 32.1 Å². The molecule has 0 aromatic heterocycles. The van der Waals surface area contributed by atoms with E-state index in [0.717, 1.165) is 12.8 Å². The van der Waals surface area contributed by atoms with Crippen LogP contribution in [0, 0.1) is 5.92 Å². The Bertz CT molecular complexity index is 125. The van der Waals surface area contributed by atoms with Crippen LogP contribution in [0.2, 0.25) is 0 Å². The minimum atomic E-state index is -2.44. The van der Waals surface area contributed by atoms with Gasteiger partial charge in [0.25, 0.3) is 0 Å². The van der Waals surface area contributed by atoms with Gasteiger partial charge in [-0.1, -0.05) is 6.42 Å². The zero-order valence-electron chi connectivity index (χ0n) is 6.65. The Morgan fingerprint density at radius 3 is 2.73 bits per heavy atom. The van der Waals surface area contributed by atoms with Gasteiger partial charge in [-0.25, -0.2) is 8.78 Å². The summed E-state index contributed by atoms with van der Waals surface area (Å²) in [5.41, 5.74) is 5.36. The minimum absolute atomic E-state index is 0.00347. The molecule has 0 spiro atoms. The summed E-state index contributed by atoms with van der Waals surface area (Å²) in [6.07, 6.45) is 2.51. The highest BCUT2D eigenvalue weighted by Gasteiger charge is 2.33. The molecule has 3 heteroatoms. The van der Waals surface area contributed by atoms with E-state index in [1.807, 2.05) is 0 Å². The first-order valence-electron chi connectivity index (χ1n) is 4.22. The van der Waals surface area contributed by atoms with Crippen molar-refractivity contribution in [3.8, 4) is 0 Å². The van der Waals surface area contributed by atoms with Gasteiger partial charge in [-0.15, -0.1) is 0 Å². The highest BCUT2D eigenvalue weighted by atomic mass is 19.3. The van der Waals surface area contributed by atoms with Crippen LogP contribution in [0.4, 0.5) is 8.78 Å². The van der Waals surface area contributed by atoms with Crippen LogP contribution >= 0.6 is 0 Å². The molecular weight excluding hydrogens is 148 g/mol. The molecule has 0 saturated heterocycles. The molecule has 1 fully saturated rings. The predicted molar refractivity (Wildman–Crippen MR) is 40.6 cm³/mol. The summed E-state index contributed by atoms with van der Waals surface area (Å²) in [5.74, 6) is -2.40. The summed E-state index contributed by atoms with van der Waals surface area (Å²) in [6, 6.07) is 0. The van der Waals surface area contributed by atoms with Crippen molar-refractivity contribution in [1.29, 1.82) is 0 Å². The lowest BCUT2D eigenvalue weighted by Crippen LogP contribution is -2.23. The van der Waals surface area contributed by atoms with Crippen LogP contribution < -0.4 is 5.73 Å². The van der Waals surface area contributed by atoms with Crippen molar-refractivity contribution in [2.24, 2.45) is 11.7 Å². The Kier molecular flexibility index (Phi) is 2.82. The van der Waals surface area contributed by atoms with Gasteiger partial charge in [0.1, 0.15) is 0 Å². The van der Waals surface area contributed by atoms with Gasteiger partial charge in [0.15, 0.2) is 0 Å². The van der Waals surface area contributed by atoms with Crippen molar-refractivity contribution < 1.29 is 8.78 Å². The van der Waals surface area contributed by atoms with E-state index in [4.69, 9.17) is 5.73 Å². The van der Waals surface area contributed by atoms with Crippen LogP contribution in [0.25, 0.3) is 0 Å². The lowest BCUT2D eigenvalue weighted by molar-refractivity contribution is -0.0241. The molecule has 66 valence electrons. The van der Waals surface area contributed by atoms with Crippen molar-refractivity contribution in [2.45, 2.75) is 38.0 Å². The fourth-order valence-corrected chi connectivity index (χ4v) is 1.64. The summed E-state index contributed by atoms with van der Waals surface area (Å²) in [4.78, 5) is 0. The average Bonchev–Trinajstić information content (AvgIpc) is 2.10. The molecule has 0 radical (unpaired) electrons. The number of hydrogen-bond acceptors (Lipinski definition) is 1. The van der Waals surface area contributed by atoms with E-state index >= 15 is 0 Å². The molecule has 11 heavy (non-hydrogen) atoms. The zero-order chi connectivity index (χ0) is 8.32. The van der Waals surface area contributed by atoms with Crippen LogP contribution in [-0.2, 0) is 0 Å². The molecule has 1 aliphatic carbocycles. The molecule has 0 amide bonds. The zero-order valence-corrected chi connectivity index (χ0v) is 6.65. The van der Waals surface area contributed by atoms with Crippen molar-refractivity contribution in [2.75, 3.05) is 6.54 Å². The Balaban J connectivity index is 2.47. The number of hydrogen-bond donors (Lipinski definition) is 1. The van der Waals surface area contributed by atoms with Crippen LogP contribution in [-0.4, -0.2) is 12.5 Å². The van der Waals surface area contributed by atoms with E-state index in [2.05, 4.69) is 0 Å². The topological polar surface area (TPSA) is 26.0 Å². The largest absolute Gasteiger partial charge is 0.330 e. The molecule has 0 heterocycles. The molecular formula is C8H15F2N. The standard InChI is InChI=1S/C8H15F2N/c9-8(10)4-2-1-3-7(5-8)6-11/h7H,1-6,11H2/t7-/m0/s1. The van der Waals surface area contributed by atoms with E-state index in [1.165, 1.54) is 0 Å². The molecule has 2 N–H and O–H groups in total. The Labute approximate surface area is 66.0 Å². The Morgan fingerprint density at radius 2 is 2.09 bits per heavy atom. The highest BCUT2D eigenvalue weighted by Crippen LogP contribution is 2.34. The van der Waals surface area contributed by atoms with Crippen LogP contribution in [0.5, 0.6) is 0 Å². The van der Waals surface area contributed by atoms with Gasteiger partial charge in [0, 0.05) is 12.8 Å². The van der Waals surface area contributed by atoms with Gasteiger partial charge < -0.3 is 5.73 Å². The van der Waals surface area contributed by atoms with E-state index in [-0.39, 0.29) is 18.8 Å². The highest BCUT2D eigenvalue weighted by molar-refractivity contribution is 4.76. The monoisotopic (exact) mass is 163 g/mol. The van der Waals surface area contributed by atoms with Crippen molar-refractivity contribution in [1.82, 2.24) is 0 Å². The molecule has 1 atom stereocenters. The second kappa shape index (κ2) is 3.48. The maximum atomic E-state index is 12.8. The molecule has 0 aliphatic heterocycles. The minimum Gasteiger partial charge on any atom is -0.330 e. The summed E-state index contributed by atoms with van der Waals surface area (Å²) >= 11 is 0. The van der Waals surface area contributed by atoms with E-state index in [0.29, 0.717) is 13.0 Å². The Hall–Kier alpha value is -0.180. The fraction of sp³-hybridized carbons (Fsp3) is 1.00. The van der Waals surface area contributed by atoms with Crippen molar-refractivity contribution >= 4 is 0 Å². The lowest BCUT2D eigenvalue weighted by atomic mass is 9.99. The third kappa shape index (κ3) is 2.73. The van der Waals surface area contributed by atoms with Gasteiger partial charge in [0.05, 0.1) is 0 Å². The second-order valence-electron chi connectivity index (χ2n) is 3.41. The first kappa shape index (κ1) is 8.91. The third-order valence-electron chi connectivity index (χ3n) is 2.33. The molecule has 1 nitrogen and oxygen atoms in total. The number of halogens is 2. The third-order valence-corrected chi connectivity index (χ3v) is 2.33. The number of rotatable bonds is 1. The average molecular weight is 163 g/mol. The van der Waals surface area contributed by atoms with Crippen molar-refractivity contribution in [3.05, 3.63) is 0 Å². The van der Waals surface area contributed by atoms with E-state index < -0.39 is 5.92 Å². The Morgan fingerprint density at radius 1 is 1.36 bits per heavy atom. The molecule has 1 rings (SSSR count). The fourth-order valence-electron chi connectivity index (χ4n) is 1.64. The molecule has 0 aromatic rings. The second-order valence-corrected chi connectivity index (χ2v) is 3.41. The van der Waals surface area contributed by atoms with Gasteiger partial charge in [0.2, 0.25) is 5.92 Å². The quantitative estimate of drug-likeness (QED) is 0.589. The summed E-state index contributed by atoms with van der Waals surface area (Å²) < 4.78 is 25.7. The first-order chi connectivity index (χ1) is 5.14. The molecule has 0 unspecified atom stereocenters. The predicted octanol–water partition coefficient (Wildman–Crippen LogP) is 2.16. The summed E-state index contributed by atoms with van der Waals surface area (Å²) in [5, 5.41) is 0. The van der Waals surface area contributed by atoms with Crippen molar-refractivity contribution in [3.63, 3.8) is 0 Å². The lowest BCUT2D eigenvalue weighted by Gasteiger charge is -2.17. The van der Waals surface area contributed by atoms with E-state index in [9.17, 15) is 8.78 Å². The summed E-state index contributed by atoms with van der Waals surface area (Å²) in [6.45, 7) is 0.412. The maximum Gasteiger partial charge on any atom is 0.248 e. The number of alkyl halides is 2. The SMILES string of the molecule is NC[C@H]1CCCCC(F)(F)C1. The van der Waals surface area contributed by atoms with Crippen LogP contribution in [0.15, 0.2) is 0 Å². The molecule has 0 bridgehead atoms. The number of nitrogens with two attached hydrogens (primary N) is 1. The van der Waals surface area contributed by atoms with Gasteiger partial charge >= 0.3 is 0 Å². The van der Waals surface area contributed by atoms with Gasteiger partial charge in [-0.2, -0.15) is 0 Å². The summed E-state index contributed by atoms with van der Waals surface area (Å²) in [7, 11) is 0. The molecule has 1 aliphatic rings. The van der Waals surface area contributed by atoms with E-state index in [1.54, 1.807) is 0 Å². The maximum absolute atomic E-state index is 12.8. The molecule has 0 aromatic carbocycles. The smallest absolute Gasteiger partial charge is 0.248 e. The van der Waals surface area contributed by atoms with Gasteiger partial charge in [-0.3, -0.25) is 0 Å². The first-order valence-corrected chi connectivity index (χ1v) is 4.22. The van der Waals surface area contributed by atoms with Gasteiger partial charge in [-0.05, 0) is 25.3 Å².